The summed E-state index contributed by atoms with van der Waals surface area (Å²) >= 11 is 3.45. The topological polar surface area (TPSA) is 35.5 Å². The van der Waals surface area contributed by atoms with Crippen LogP contribution in [-0.2, 0) is 20.9 Å². The molecular formula is C15H21BrO3. The minimum atomic E-state index is -0.843. The minimum Gasteiger partial charge on any atom is -0.468 e. The highest BCUT2D eigenvalue weighted by atomic mass is 79.9. The zero-order valence-corrected chi connectivity index (χ0v) is 13.4. The highest BCUT2D eigenvalue weighted by molar-refractivity contribution is 9.10. The summed E-state index contributed by atoms with van der Waals surface area (Å²) in [5.74, 6) is -0.133. The third-order valence-corrected chi connectivity index (χ3v) is 3.77. The summed E-state index contributed by atoms with van der Waals surface area (Å²) < 4.78 is 9.92. The van der Waals surface area contributed by atoms with Gasteiger partial charge < -0.3 is 9.47 Å². The maximum Gasteiger partial charge on any atom is 0.325 e. The van der Waals surface area contributed by atoms with Crippen LogP contribution in [0.3, 0.4) is 0 Å². The predicted molar refractivity (Wildman–Crippen MR) is 79.2 cm³/mol. The molecule has 19 heavy (non-hydrogen) atoms. The second kappa shape index (κ2) is 7.06. The highest BCUT2D eigenvalue weighted by Crippen LogP contribution is 2.31. The van der Waals surface area contributed by atoms with Crippen LogP contribution in [-0.4, -0.2) is 23.5 Å². The van der Waals surface area contributed by atoms with Crippen molar-refractivity contribution in [2.45, 2.75) is 37.8 Å². The van der Waals surface area contributed by atoms with Gasteiger partial charge in [-0.05, 0) is 18.4 Å². The van der Waals surface area contributed by atoms with Crippen LogP contribution in [0.15, 0.2) is 30.3 Å². The lowest BCUT2D eigenvalue weighted by molar-refractivity contribution is -0.149. The summed E-state index contributed by atoms with van der Waals surface area (Å²) in [5.41, 5.74) is 1.08. The van der Waals surface area contributed by atoms with Gasteiger partial charge in [0.15, 0.2) is 0 Å². The first-order valence-corrected chi connectivity index (χ1v) is 7.11. The lowest BCUT2D eigenvalue weighted by atomic mass is 9.94. The van der Waals surface area contributed by atoms with E-state index in [1.54, 1.807) is 6.92 Å². The van der Waals surface area contributed by atoms with Gasteiger partial charge in [-0.25, -0.2) is 0 Å². The summed E-state index contributed by atoms with van der Waals surface area (Å²) in [6.45, 7) is 6.31. The smallest absolute Gasteiger partial charge is 0.325 e. The van der Waals surface area contributed by atoms with E-state index in [9.17, 15) is 4.79 Å². The Labute approximate surface area is 123 Å². The molecule has 4 heteroatoms. The van der Waals surface area contributed by atoms with Crippen LogP contribution in [0.1, 0.15) is 26.3 Å². The molecule has 0 unspecified atom stereocenters. The van der Waals surface area contributed by atoms with Crippen LogP contribution in [0.2, 0.25) is 0 Å². The fraction of sp³-hybridized carbons (Fsp3) is 0.533. The van der Waals surface area contributed by atoms with Gasteiger partial charge in [0.05, 0.1) is 19.8 Å². The number of hydrogen-bond acceptors (Lipinski definition) is 3. The van der Waals surface area contributed by atoms with Gasteiger partial charge in [0, 0.05) is 0 Å². The number of methoxy groups -OCH3 is 1. The predicted octanol–water partition coefficient (Wildman–Crippen LogP) is 3.55. The molecule has 0 N–H and O–H groups in total. The minimum absolute atomic E-state index is 0.187. The Morgan fingerprint density at radius 3 is 2.37 bits per heavy atom. The van der Waals surface area contributed by atoms with E-state index in [1.807, 2.05) is 44.2 Å². The van der Waals surface area contributed by atoms with E-state index in [4.69, 9.17) is 9.47 Å². The van der Waals surface area contributed by atoms with Crippen molar-refractivity contribution < 1.29 is 14.3 Å². The number of alkyl halides is 1. The molecule has 0 heterocycles. The lowest BCUT2D eigenvalue weighted by Crippen LogP contribution is -2.46. The Hall–Kier alpha value is -0.870. The number of halogens is 1. The molecule has 0 spiro atoms. The molecule has 0 saturated carbocycles. The van der Waals surface area contributed by atoms with Crippen LogP contribution in [0, 0.1) is 5.92 Å². The Morgan fingerprint density at radius 2 is 1.89 bits per heavy atom. The zero-order valence-electron chi connectivity index (χ0n) is 11.9. The molecule has 0 radical (unpaired) electrons. The van der Waals surface area contributed by atoms with Crippen LogP contribution >= 0.6 is 15.9 Å². The third kappa shape index (κ3) is 4.32. The van der Waals surface area contributed by atoms with E-state index in [0.717, 1.165) is 5.56 Å². The van der Waals surface area contributed by atoms with Crippen molar-refractivity contribution in [3.63, 3.8) is 0 Å². The SMILES string of the molecule is COC(=O)[C@](C)(Br)[C@H](OCc1ccccc1)C(C)C. The van der Waals surface area contributed by atoms with Crippen LogP contribution in [0.4, 0.5) is 0 Å². The van der Waals surface area contributed by atoms with Gasteiger partial charge in [-0.1, -0.05) is 60.1 Å². The van der Waals surface area contributed by atoms with Gasteiger partial charge in [-0.3, -0.25) is 4.79 Å². The first-order valence-electron chi connectivity index (χ1n) is 6.32. The molecule has 1 rings (SSSR count). The maximum absolute atomic E-state index is 11.8. The van der Waals surface area contributed by atoms with E-state index >= 15 is 0 Å². The first kappa shape index (κ1) is 16.2. The van der Waals surface area contributed by atoms with E-state index in [1.165, 1.54) is 7.11 Å². The second-order valence-corrected chi connectivity index (χ2v) is 6.68. The summed E-state index contributed by atoms with van der Waals surface area (Å²) in [6.07, 6.45) is -0.264. The maximum atomic E-state index is 11.8. The fourth-order valence-electron chi connectivity index (χ4n) is 2.05. The summed E-state index contributed by atoms with van der Waals surface area (Å²) in [5, 5.41) is 0. The molecule has 0 saturated heterocycles. The Balaban J connectivity index is 2.76. The molecule has 106 valence electrons. The fourth-order valence-corrected chi connectivity index (χ4v) is 2.87. The molecule has 0 fully saturated rings. The molecule has 0 aliphatic heterocycles. The first-order chi connectivity index (χ1) is 8.89. The van der Waals surface area contributed by atoms with Gasteiger partial charge in [0.1, 0.15) is 4.32 Å². The molecule has 3 nitrogen and oxygen atoms in total. The quantitative estimate of drug-likeness (QED) is 0.591. The van der Waals surface area contributed by atoms with Crippen LogP contribution in [0.5, 0.6) is 0 Å². The summed E-state index contributed by atoms with van der Waals surface area (Å²) in [7, 11) is 1.39. The largest absolute Gasteiger partial charge is 0.468 e. The van der Waals surface area contributed by atoms with E-state index in [2.05, 4.69) is 15.9 Å². The van der Waals surface area contributed by atoms with Gasteiger partial charge in [-0.15, -0.1) is 0 Å². The number of carbonyl (C=O) groups is 1. The monoisotopic (exact) mass is 328 g/mol. The molecule has 0 aliphatic carbocycles. The zero-order chi connectivity index (χ0) is 14.5. The lowest BCUT2D eigenvalue weighted by Gasteiger charge is -2.32. The Bertz CT molecular complexity index is 401. The van der Waals surface area contributed by atoms with Gasteiger partial charge in [0.2, 0.25) is 0 Å². The molecule has 1 aromatic rings. The normalized spacial score (nSPS) is 15.9. The van der Waals surface area contributed by atoms with E-state index < -0.39 is 4.32 Å². The van der Waals surface area contributed by atoms with Crippen LogP contribution < -0.4 is 0 Å². The molecule has 1 aromatic carbocycles. The highest BCUT2D eigenvalue weighted by Gasteiger charge is 2.42. The Morgan fingerprint density at radius 1 is 1.32 bits per heavy atom. The average Bonchev–Trinajstić information content (AvgIpc) is 2.38. The van der Waals surface area contributed by atoms with Gasteiger partial charge >= 0.3 is 5.97 Å². The average molecular weight is 329 g/mol. The summed E-state index contributed by atoms with van der Waals surface area (Å²) in [6, 6.07) is 9.90. The number of benzene rings is 1. The Kier molecular flexibility index (Phi) is 6.01. The van der Waals surface area contributed by atoms with Gasteiger partial charge in [0.25, 0.3) is 0 Å². The van der Waals surface area contributed by atoms with Crippen molar-refractivity contribution in [2.24, 2.45) is 5.92 Å². The van der Waals surface area contributed by atoms with E-state index in [0.29, 0.717) is 6.61 Å². The standard InChI is InChI=1S/C15H21BrO3/c1-11(2)13(15(3,16)14(17)18-4)19-10-12-8-6-5-7-9-12/h5-9,11,13H,10H2,1-4H3/t13-,15-/m1/s1. The van der Waals surface area contributed by atoms with Crippen molar-refractivity contribution in [3.05, 3.63) is 35.9 Å². The van der Waals surface area contributed by atoms with Crippen molar-refractivity contribution in [1.29, 1.82) is 0 Å². The van der Waals surface area contributed by atoms with Crippen molar-refractivity contribution >= 4 is 21.9 Å². The van der Waals surface area contributed by atoms with E-state index in [-0.39, 0.29) is 18.0 Å². The molecule has 0 aromatic heterocycles. The number of ether oxygens (including phenoxy) is 2. The molecule has 0 amide bonds. The number of hydrogen-bond donors (Lipinski definition) is 0. The number of rotatable bonds is 6. The van der Waals surface area contributed by atoms with Crippen molar-refractivity contribution in [1.82, 2.24) is 0 Å². The van der Waals surface area contributed by atoms with Gasteiger partial charge in [-0.2, -0.15) is 0 Å². The third-order valence-electron chi connectivity index (χ3n) is 3.00. The number of esters is 1. The molecule has 0 aliphatic rings. The molecule has 2 atom stereocenters. The number of carbonyl (C=O) groups excluding carboxylic acids is 1. The second-order valence-electron chi connectivity index (χ2n) is 5.03. The van der Waals surface area contributed by atoms with Crippen molar-refractivity contribution in [2.75, 3.05) is 7.11 Å². The molecule has 0 bridgehead atoms. The van der Waals surface area contributed by atoms with Crippen LogP contribution in [0.25, 0.3) is 0 Å². The summed E-state index contributed by atoms with van der Waals surface area (Å²) in [4.78, 5) is 11.8. The molecular weight excluding hydrogens is 308 g/mol. The van der Waals surface area contributed by atoms with Crippen molar-refractivity contribution in [3.8, 4) is 0 Å².